The number of esters is 7. The predicted octanol–water partition coefficient (Wildman–Crippen LogP) is 2.34. The highest BCUT2D eigenvalue weighted by molar-refractivity contribution is 6.64. The molecule has 0 spiro atoms. The standard InChI is InChI=1S/C25H42O13Si.C15H20O7/c1-19(2)24(29)34-17-21(18-35-25(30)20(3)4)38-23(28)8-7-22(27)33-15-13-31-11-12-32-14-16-37-39(5,6)36-10-9-26;1-10(2)14(18)20-8-12(9-21-15(19)11(3)4)22-13(17)6-5-7-16/h21,26H,1,3,7-18H2,2,4-6H3;7,12H,1,3,5-6,8-9H2,2,4H3. The van der Waals surface area contributed by atoms with Gasteiger partial charge in [-0.25, -0.2) is 19.2 Å². The number of hydrogen-bond donors (Lipinski definition) is 1. The molecule has 0 aromatic carbocycles. The van der Waals surface area contributed by atoms with Gasteiger partial charge in [0.1, 0.15) is 39.3 Å². The van der Waals surface area contributed by atoms with E-state index in [1.165, 1.54) is 27.7 Å². The second-order valence-corrected chi connectivity index (χ2v) is 16.6. The number of hydrogen-bond acceptors (Lipinski definition) is 20. The first-order valence-electron chi connectivity index (χ1n) is 19.0. The van der Waals surface area contributed by atoms with Crippen LogP contribution in [-0.4, -0.2) is 153 Å². The fraction of sp³-hybridized carbons (Fsp3) is 0.600. The van der Waals surface area contributed by atoms with Gasteiger partial charge in [0, 0.05) is 28.7 Å². The van der Waals surface area contributed by atoms with E-state index in [2.05, 4.69) is 26.3 Å². The summed E-state index contributed by atoms with van der Waals surface area (Å²) in [5, 5.41) is 8.78. The monoisotopic (exact) mass is 890 g/mol. The van der Waals surface area contributed by atoms with Gasteiger partial charge in [-0.3, -0.25) is 14.4 Å². The van der Waals surface area contributed by atoms with Crippen LogP contribution < -0.4 is 0 Å². The lowest BCUT2D eigenvalue weighted by Crippen LogP contribution is -2.37. The van der Waals surface area contributed by atoms with Crippen molar-refractivity contribution in [3.05, 3.63) is 48.6 Å². The van der Waals surface area contributed by atoms with E-state index in [1.54, 1.807) is 0 Å². The molecule has 0 heterocycles. The summed E-state index contributed by atoms with van der Waals surface area (Å²) in [7, 11) is -2.26. The summed E-state index contributed by atoms with van der Waals surface area (Å²) in [6.07, 6.45) is -2.09. The molecule has 0 bridgehead atoms. The molecule has 0 radical (unpaired) electrons. The summed E-state index contributed by atoms with van der Waals surface area (Å²) in [5.74, 6) is -4.74. The van der Waals surface area contributed by atoms with Gasteiger partial charge in [0.25, 0.3) is 0 Å². The van der Waals surface area contributed by atoms with Gasteiger partial charge in [-0.15, -0.1) is 0 Å². The molecule has 0 unspecified atom stereocenters. The Labute approximate surface area is 357 Å². The van der Waals surface area contributed by atoms with E-state index in [0.29, 0.717) is 32.7 Å². The van der Waals surface area contributed by atoms with Gasteiger partial charge in [0.2, 0.25) is 0 Å². The summed E-state index contributed by atoms with van der Waals surface area (Å²) in [5.41, 5.74) is 0.667. The molecule has 20 nitrogen and oxygen atoms in total. The molecule has 346 valence electrons. The van der Waals surface area contributed by atoms with Crippen LogP contribution in [0, 0.1) is 0 Å². The zero-order valence-corrected chi connectivity index (χ0v) is 37.1. The Morgan fingerprint density at radius 2 is 0.852 bits per heavy atom. The zero-order chi connectivity index (χ0) is 46.8. The highest BCUT2D eigenvalue weighted by Gasteiger charge is 2.24. The summed E-state index contributed by atoms with van der Waals surface area (Å²) < 4.78 is 56.6. The summed E-state index contributed by atoms with van der Waals surface area (Å²) in [6.45, 7) is 23.7. The van der Waals surface area contributed by atoms with Crippen LogP contribution in [0.2, 0.25) is 13.1 Å². The number of aldehydes is 1. The lowest BCUT2D eigenvalue weighted by Gasteiger charge is -2.22. The van der Waals surface area contributed by atoms with Gasteiger partial charge in [-0.1, -0.05) is 26.3 Å². The van der Waals surface area contributed by atoms with E-state index in [-0.39, 0.29) is 101 Å². The lowest BCUT2D eigenvalue weighted by atomic mass is 10.3. The molecular weight excluding hydrogens is 829 g/mol. The molecule has 0 atom stereocenters. The molecule has 1 N–H and O–H groups in total. The number of aliphatic hydroxyl groups excluding tert-OH is 1. The van der Waals surface area contributed by atoms with E-state index in [1.807, 2.05) is 13.1 Å². The van der Waals surface area contributed by atoms with Gasteiger partial charge in [0.05, 0.1) is 65.5 Å². The van der Waals surface area contributed by atoms with E-state index < -0.39 is 62.6 Å². The van der Waals surface area contributed by atoms with Crippen molar-refractivity contribution in [3.63, 3.8) is 0 Å². The molecule has 61 heavy (non-hydrogen) atoms. The summed E-state index contributed by atoms with van der Waals surface area (Å²) >= 11 is 0. The third-order valence-electron chi connectivity index (χ3n) is 6.67. The zero-order valence-electron chi connectivity index (χ0n) is 36.1. The van der Waals surface area contributed by atoms with Crippen LogP contribution in [0.15, 0.2) is 48.6 Å². The van der Waals surface area contributed by atoms with Crippen LogP contribution in [0.25, 0.3) is 0 Å². The highest BCUT2D eigenvalue weighted by Crippen LogP contribution is 2.08. The van der Waals surface area contributed by atoms with E-state index in [4.69, 9.17) is 56.6 Å². The van der Waals surface area contributed by atoms with Crippen LogP contribution in [-0.2, 0) is 89.8 Å². The quantitative estimate of drug-likeness (QED) is 0.0248. The molecule has 0 aromatic heterocycles. The van der Waals surface area contributed by atoms with Crippen molar-refractivity contribution in [2.24, 2.45) is 0 Å². The molecule has 0 rings (SSSR count). The van der Waals surface area contributed by atoms with E-state index >= 15 is 0 Å². The molecule has 21 heteroatoms. The van der Waals surface area contributed by atoms with Crippen molar-refractivity contribution in [3.8, 4) is 0 Å². The van der Waals surface area contributed by atoms with Crippen LogP contribution in [0.3, 0.4) is 0 Å². The summed E-state index contributed by atoms with van der Waals surface area (Å²) in [6, 6.07) is 0. The second-order valence-electron chi connectivity index (χ2n) is 13.2. The van der Waals surface area contributed by atoms with Crippen molar-refractivity contribution >= 4 is 56.6 Å². The topological polar surface area (TPSA) is 258 Å². The normalized spacial score (nSPS) is 10.6. The van der Waals surface area contributed by atoms with Gasteiger partial charge in [-0.2, -0.15) is 0 Å². The molecule has 0 saturated heterocycles. The number of aliphatic hydroxyl groups is 1. The van der Waals surface area contributed by atoms with Crippen LogP contribution in [0.1, 0.15) is 53.4 Å². The van der Waals surface area contributed by atoms with Crippen molar-refractivity contribution in [1.82, 2.24) is 0 Å². The van der Waals surface area contributed by atoms with Crippen LogP contribution in [0.4, 0.5) is 0 Å². The van der Waals surface area contributed by atoms with Crippen molar-refractivity contribution in [2.45, 2.75) is 78.7 Å². The molecule has 0 saturated carbocycles. The molecule has 0 aromatic rings. The maximum absolute atomic E-state index is 12.1. The number of carbonyl (C=O) groups excluding carboxylic acids is 8. The Kier molecular flexibility index (Phi) is 32.9. The van der Waals surface area contributed by atoms with Crippen molar-refractivity contribution in [1.29, 1.82) is 0 Å². The number of ether oxygens (including phenoxy) is 9. The van der Waals surface area contributed by atoms with Gasteiger partial charge in [0.15, 0.2) is 12.2 Å². The van der Waals surface area contributed by atoms with E-state index in [9.17, 15) is 38.4 Å². The maximum atomic E-state index is 12.1. The Morgan fingerprint density at radius 3 is 1.23 bits per heavy atom. The smallest absolute Gasteiger partial charge is 0.333 e. The number of rotatable bonds is 33. The first-order chi connectivity index (χ1) is 28.6. The SMILES string of the molecule is C=C(C)C(=O)OCC(COC(=O)C(=C)C)OC(=O)CCC(=O)OCCOCCOCCO[Si](C)(C)OCCO.C=C(C)C(=O)OCC(COC(=O)C(=C)C)OC(=O)CCC=O. The highest BCUT2D eigenvalue weighted by atomic mass is 28.4. The first-order valence-corrected chi connectivity index (χ1v) is 21.8. The molecule has 0 amide bonds. The molecular formula is C40H62O20Si. The third-order valence-corrected chi connectivity index (χ3v) is 8.47. The molecule has 0 fully saturated rings. The number of carbonyl (C=O) groups is 8. The molecule has 0 aliphatic carbocycles. The minimum Gasteiger partial charge on any atom is -0.463 e. The van der Waals surface area contributed by atoms with Crippen molar-refractivity contribution < 1.29 is 94.9 Å². The Bertz CT molecular complexity index is 1410. The lowest BCUT2D eigenvalue weighted by molar-refractivity contribution is -0.165. The Hall–Kier alpha value is -5.06. The van der Waals surface area contributed by atoms with Crippen LogP contribution >= 0.6 is 0 Å². The predicted molar refractivity (Wildman–Crippen MR) is 216 cm³/mol. The fourth-order valence-electron chi connectivity index (χ4n) is 3.56. The summed E-state index contributed by atoms with van der Waals surface area (Å²) in [4.78, 5) is 91.5. The van der Waals surface area contributed by atoms with Crippen LogP contribution in [0.5, 0.6) is 0 Å². The maximum Gasteiger partial charge on any atom is 0.333 e. The minimum absolute atomic E-state index is 0.00465. The molecule has 0 aliphatic rings. The Morgan fingerprint density at radius 1 is 0.508 bits per heavy atom. The van der Waals surface area contributed by atoms with Gasteiger partial charge in [-0.05, 0) is 40.8 Å². The van der Waals surface area contributed by atoms with E-state index in [0.717, 1.165) is 0 Å². The minimum atomic E-state index is -2.26. The Balaban J connectivity index is 0. The third kappa shape index (κ3) is 34.4. The second kappa shape index (κ2) is 34.6. The average molecular weight is 891 g/mol. The van der Waals surface area contributed by atoms with Gasteiger partial charge < -0.3 is 61.4 Å². The largest absolute Gasteiger partial charge is 0.463 e. The average Bonchev–Trinajstić information content (AvgIpc) is 3.20. The molecule has 0 aliphatic heterocycles. The first kappa shape index (κ1) is 58.0. The van der Waals surface area contributed by atoms with Gasteiger partial charge >= 0.3 is 50.3 Å². The van der Waals surface area contributed by atoms with Crippen molar-refractivity contribution in [2.75, 3.05) is 79.3 Å². The fourth-order valence-corrected chi connectivity index (χ4v) is 4.80.